The van der Waals surface area contributed by atoms with E-state index < -0.39 is 11.8 Å². The standard InChI is InChI=1S/C27H29N3O5/c1-2-34-23-13-11-22(12-14-23)28-25(31)15-16-26(32)29-30-27(33)21-9-6-10-24(19-21)35-18-17-20-7-4-3-5-8-20/h3-14,19H,2,15-18H2,1H3,(H,28,31)(H,29,32)(H,30,33). The Kier molecular flexibility index (Phi) is 9.68. The highest BCUT2D eigenvalue weighted by molar-refractivity contribution is 5.96. The second kappa shape index (κ2) is 13.4. The van der Waals surface area contributed by atoms with Crippen LogP contribution >= 0.6 is 0 Å². The highest BCUT2D eigenvalue weighted by Gasteiger charge is 2.11. The van der Waals surface area contributed by atoms with E-state index in [1.807, 2.05) is 37.3 Å². The largest absolute Gasteiger partial charge is 0.494 e. The molecule has 3 aromatic rings. The van der Waals surface area contributed by atoms with Crippen molar-refractivity contribution in [1.29, 1.82) is 0 Å². The third-order valence-electron chi connectivity index (χ3n) is 4.94. The molecule has 0 radical (unpaired) electrons. The first-order chi connectivity index (χ1) is 17.0. The quantitative estimate of drug-likeness (QED) is 0.365. The maximum atomic E-state index is 12.4. The first-order valence-corrected chi connectivity index (χ1v) is 11.4. The SMILES string of the molecule is CCOc1ccc(NC(=O)CCC(=O)NNC(=O)c2cccc(OCCc3ccccc3)c2)cc1. The second-order valence-electron chi connectivity index (χ2n) is 7.62. The summed E-state index contributed by atoms with van der Waals surface area (Å²) in [6.07, 6.45) is 0.644. The molecule has 3 aromatic carbocycles. The van der Waals surface area contributed by atoms with E-state index in [2.05, 4.69) is 16.2 Å². The van der Waals surface area contributed by atoms with Gasteiger partial charge in [-0.15, -0.1) is 0 Å². The van der Waals surface area contributed by atoms with Gasteiger partial charge in [-0.25, -0.2) is 0 Å². The molecule has 0 atom stereocenters. The highest BCUT2D eigenvalue weighted by Crippen LogP contribution is 2.16. The van der Waals surface area contributed by atoms with E-state index in [0.29, 0.717) is 36.0 Å². The van der Waals surface area contributed by atoms with E-state index in [0.717, 1.165) is 12.0 Å². The minimum Gasteiger partial charge on any atom is -0.494 e. The number of anilines is 1. The predicted molar refractivity (Wildman–Crippen MR) is 133 cm³/mol. The molecule has 0 spiro atoms. The summed E-state index contributed by atoms with van der Waals surface area (Å²) in [6, 6.07) is 23.6. The van der Waals surface area contributed by atoms with Gasteiger partial charge in [-0.3, -0.25) is 25.2 Å². The molecule has 0 saturated heterocycles. The van der Waals surface area contributed by atoms with Crippen molar-refractivity contribution in [3.63, 3.8) is 0 Å². The van der Waals surface area contributed by atoms with Gasteiger partial charge in [0.05, 0.1) is 13.2 Å². The third kappa shape index (κ3) is 8.85. The van der Waals surface area contributed by atoms with Crippen LogP contribution in [0.25, 0.3) is 0 Å². The van der Waals surface area contributed by atoms with Crippen molar-refractivity contribution in [3.05, 3.63) is 90.0 Å². The van der Waals surface area contributed by atoms with Crippen molar-refractivity contribution in [2.45, 2.75) is 26.2 Å². The second-order valence-corrected chi connectivity index (χ2v) is 7.62. The summed E-state index contributed by atoms with van der Waals surface area (Å²) in [4.78, 5) is 36.5. The molecule has 3 amide bonds. The van der Waals surface area contributed by atoms with Gasteiger partial charge in [0.25, 0.3) is 5.91 Å². The maximum absolute atomic E-state index is 12.4. The van der Waals surface area contributed by atoms with Crippen LogP contribution in [-0.2, 0) is 16.0 Å². The summed E-state index contributed by atoms with van der Waals surface area (Å²) < 4.78 is 11.1. The Morgan fingerprint density at radius 2 is 1.49 bits per heavy atom. The summed E-state index contributed by atoms with van der Waals surface area (Å²) in [5, 5.41) is 2.71. The summed E-state index contributed by atoms with van der Waals surface area (Å²) in [7, 11) is 0. The Labute approximate surface area is 204 Å². The van der Waals surface area contributed by atoms with Crippen LogP contribution < -0.4 is 25.6 Å². The number of nitrogens with one attached hydrogen (secondary N) is 3. The molecule has 0 bridgehead atoms. The van der Waals surface area contributed by atoms with Gasteiger partial charge < -0.3 is 14.8 Å². The van der Waals surface area contributed by atoms with Crippen molar-refractivity contribution >= 4 is 23.4 Å². The normalized spacial score (nSPS) is 10.2. The molecule has 35 heavy (non-hydrogen) atoms. The van der Waals surface area contributed by atoms with E-state index in [-0.39, 0.29) is 18.7 Å². The molecule has 0 heterocycles. The average molecular weight is 476 g/mol. The van der Waals surface area contributed by atoms with E-state index in [4.69, 9.17) is 9.47 Å². The predicted octanol–water partition coefficient (Wildman–Crippen LogP) is 3.89. The van der Waals surface area contributed by atoms with Crippen LogP contribution in [0.15, 0.2) is 78.9 Å². The fourth-order valence-corrected chi connectivity index (χ4v) is 3.17. The van der Waals surface area contributed by atoms with Crippen LogP contribution in [0.3, 0.4) is 0 Å². The van der Waals surface area contributed by atoms with Crippen molar-refractivity contribution in [2.24, 2.45) is 0 Å². The summed E-state index contributed by atoms with van der Waals surface area (Å²) in [5.74, 6) is 0.00733. The Hall–Kier alpha value is -4.33. The van der Waals surface area contributed by atoms with E-state index >= 15 is 0 Å². The maximum Gasteiger partial charge on any atom is 0.269 e. The molecule has 0 aliphatic heterocycles. The van der Waals surface area contributed by atoms with Gasteiger partial charge in [-0.05, 0) is 55.0 Å². The average Bonchev–Trinajstić information content (AvgIpc) is 2.88. The molecule has 3 rings (SSSR count). The molecule has 182 valence electrons. The first kappa shape index (κ1) is 25.3. The van der Waals surface area contributed by atoms with Gasteiger partial charge in [0, 0.05) is 30.5 Å². The zero-order chi connectivity index (χ0) is 24.9. The molecule has 0 aromatic heterocycles. The lowest BCUT2D eigenvalue weighted by atomic mass is 10.2. The molecular weight excluding hydrogens is 446 g/mol. The zero-order valence-electron chi connectivity index (χ0n) is 19.6. The van der Waals surface area contributed by atoms with Crippen molar-refractivity contribution in [2.75, 3.05) is 18.5 Å². The van der Waals surface area contributed by atoms with Crippen LogP contribution in [0.2, 0.25) is 0 Å². The van der Waals surface area contributed by atoms with Gasteiger partial charge in [0.1, 0.15) is 11.5 Å². The number of carbonyl (C=O) groups is 3. The molecule has 8 heteroatoms. The number of rotatable bonds is 11. The number of benzene rings is 3. The minimum absolute atomic E-state index is 0.0281. The number of ether oxygens (including phenoxy) is 2. The summed E-state index contributed by atoms with van der Waals surface area (Å²) in [5.41, 5.74) is 6.81. The highest BCUT2D eigenvalue weighted by atomic mass is 16.5. The number of hydrogen-bond acceptors (Lipinski definition) is 5. The van der Waals surface area contributed by atoms with Crippen LogP contribution in [0.1, 0.15) is 35.7 Å². The van der Waals surface area contributed by atoms with Gasteiger partial charge in [-0.1, -0.05) is 36.4 Å². The van der Waals surface area contributed by atoms with E-state index in [9.17, 15) is 14.4 Å². The molecule has 3 N–H and O–H groups in total. The van der Waals surface area contributed by atoms with Gasteiger partial charge in [0.15, 0.2) is 0 Å². The molecule has 0 saturated carbocycles. The van der Waals surface area contributed by atoms with Crippen LogP contribution in [0.4, 0.5) is 5.69 Å². The van der Waals surface area contributed by atoms with E-state index in [1.54, 1.807) is 48.5 Å². The molecule has 8 nitrogen and oxygen atoms in total. The summed E-state index contributed by atoms with van der Waals surface area (Å²) in [6.45, 7) is 2.93. The van der Waals surface area contributed by atoms with Crippen molar-refractivity contribution in [1.82, 2.24) is 10.9 Å². The van der Waals surface area contributed by atoms with Gasteiger partial charge in [-0.2, -0.15) is 0 Å². The third-order valence-corrected chi connectivity index (χ3v) is 4.94. The molecule has 0 aliphatic rings. The number of hydrazine groups is 1. The number of amides is 3. The van der Waals surface area contributed by atoms with E-state index in [1.165, 1.54) is 0 Å². The smallest absolute Gasteiger partial charge is 0.269 e. The first-order valence-electron chi connectivity index (χ1n) is 11.4. The topological polar surface area (TPSA) is 106 Å². The Morgan fingerprint density at radius 3 is 2.23 bits per heavy atom. The molecule has 0 unspecified atom stereocenters. The Balaban J connectivity index is 1.37. The lowest BCUT2D eigenvalue weighted by Gasteiger charge is -2.10. The lowest BCUT2D eigenvalue weighted by molar-refractivity contribution is -0.124. The minimum atomic E-state index is -0.481. The van der Waals surface area contributed by atoms with Crippen molar-refractivity contribution in [3.8, 4) is 11.5 Å². The van der Waals surface area contributed by atoms with Crippen LogP contribution in [0.5, 0.6) is 11.5 Å². The number of hydrogen-bond donors (Lipinski definition) is 3. The summed E-state index contributed by atoms with van der Waals surface area (Å²) >= 11 is 0. The van der Waals surface area contributed by atoms with Crippen LogP contribution in [-0.4, -0.2) is 30.9 Å². The van der Waals surface area contributed by atoms with Gasteiger partial charge >= 0.3 is 0 Å². The molecular formula is C27H29N3O5. The lowest BCUT2D eigenvalue weighted by Crippen LogP contribution is -2.41. The number of carbonyl (C=O) groups excluding carboxylic acids is 3. The molecule has 0 aliphatic carbocycles. The monoisotopic (exact) mass is 475 g/mol. The molecule has 0 fully saturated rings. The van der Waals surface area contributed by atoms with Crippen molar-refractivity contribution < 1.29 is 23.9 Å². The fraction of sp³-hybridized carbons (Fsp3) is 0.222. The Bertz CT molecular complexity index is 1120. The van der Waals surface area contributed by atoms with Gasteiger partial charge in [0.2, 0.25) is 11.8 Å². The Morgan fingerprint density at radius 1 is 0.743 bits per heavy atom. The van der Waals surface area contributed by atoms with Crippen LogP contribution in [0, 0.1) is 0 Å². The zero-order valence-corrected chi connectivity index (χ0v) is 19.6. The fourth-order valence-electron chi connectivity index (χ4n) is 3.17.